The van der Waals surface area contributed by atoms with Crippen LogP contribution in [0.5, 0.6) is 11.5 Å². The second-order valence-electron chi connectivity index (χ2n) is 4.81. The standard InChI is InChI=1S/C17H17BrClNO3/c1-22-15-10-14(18)16(23-2)9-12(15)7-8-20-17(21)11-3-5-13(19)6-4-11/h3-6,9-10H,7-8H2,1-2H3,(H,20,21). The molecule has 122 valence electrons. The van der Waals surface area contributed by atoms with Crippen molar-refractivity contribution in [3.8, 4) is 11.5 Å². The molecular weight excluding hydrogens is 382 g/mol. The number of hydrogen-bond acceptors (Lipinski definition) is 3. The quantitative estimate of drug-likeness (QED) is 0.797. The molecule has 0 aliphatic heterocycles. The first-order valence-electron chi connectivity index (χ1n) is 6.99. The van der Waals surface area contributed by atoms with Crippen LogP contribution in [0.1, 0.15) is 15.9 Å². The fourth-order valence-electron chi connectivity index (χ4n) is 2.13. The third-order valence-electron chi connectivity index (χ3n) is 3.34. The van der Waals surface area contributed by atoms with Crippen molar-refractivity contribution in [2.24, 2.45) is 0 Å². The van der Waals surface area contributed by atoms with Gasteiger partial charge in [0.15, 0.2) is 0 Å². The molecule has 2 aromatic carbocycles. The first-order chi connectivity index (χ1) is 11.0. The molecule has 0 radical (unpaired) electrons. The van der Waals surface area contributed by atoms with Crippen LogP contribution < -0.4 is 14.8 Å². The third-order valence-corrected chi connectivity index (χ3v) is 4.21. The summed E-state index contributed by atoms with van der Waals surface area (Å²) in [6, 6.07) is 10.5. The highest BCUT2D eigenvalue weighted by atomic mass is 79.9. The Morgan fingerprint density at radius 2 is 1.78 bits per heavy atom. The number of hydrogen-bond donors (Lipinski definition) is 1. The first kappa shape index (κ1) is 17.6. The lowest BCUT2D eigenvalue weighted by molar-refractivity contribution is 0.0954. The summed E-state index contributed by atoms with van der Waals surface area (Å²) in [6.07, 6.45) is 0.631. The molecule has 0 aliphatic carbocycles. The highest BCUT2D eigenvalue weighted by Gasteiger charge is 2.10. The summed E-state index contributed by atoms with van der Waals surface area (Å²) < 4.78 is 11.5. The van der Waals surface area contributed by atoms with Crippen molar-refractivity contribution < 1.29 is 14.3 Å². The summed E-state index contributed by atoms with van der Waals surface area (Å²) >= 11 is 9.24. The molecule has 0 bridgehead atoms. The minimum atomic E-state index is -0.135. The Hall–Kier alpha value is -1.72. The van der Waals surface area contributed by atoms with Gasteiger partial charge in [0.05, 0.1) is 18.7 Å². The lowest BCUT2D eigenvalue weighted by Gasteiger charge is -2.13. The van der Waals surface area contributed by atoms with Gasteiger partial charge in [-0.3, -0.25) is 4.79 Å². The molecule has 0 unspecified atom stereocenters. The molecule has 2 rings (SSSR count). The average Bonchev–Trinajstić information content (AvgIpc) is 2.56. The van der Waals surface area contributed by atoms with Crippen LogP contribution in [0.25, 0.3) is 0 Å². The minimum absolute atomic E-state index is 0.135. The SMILES string of the molecule is COc1cc(CCNC(=O)c2ccc(Cl)cc2)c(OC)cc1Br. The van der Waals surface area contributed by atoms with E-state index in [1.165, 1.54) is 0 Å². The largest absolute Gasteiger partial charge is 0.496 e. The third kappa shape index (κ3) is 4.62. The van der Waals surface area contributed by atoms with Gasteiger partial charge in [0.1, 0.15) is 11.5 Å². The number of benzene rings is 2. The maximum absolute atomic E-state index is 12.1. The molecule has 0 atom stereocenters. The van der Waals surface area contributed by atoms with Crippen LogP contribution in [-0.4, -0.2) is 26.7 Å². The number of rotatable bonds is 6. The van der Waals surface area contributed by atoms with Crippen molar-refractivity contribution >= 4 is 33.4 Å². The Bertz CT molecular complexity index is 689. The predicted octanol–water partition coefficient (Wildman–Crippen LogP) is 4.09. The number of nitrogens with one attached hydrogen (secondary N) is 1. The molecule has 1 N–H and O–H groups in total. The summed E-state index contributed by atoms with van der Waals surface area (Å²) in [5, 5.41) is 3.49. The minimum Gasteiger partial charge on any atom is -0.496 e. The van der Waals surface area contributed by atoms with E-state index in [-0.39, 0.29) is 5.91 Å². The smallest absolute Gasteiger partial charge is 0.251 e. The van der Waals surface area contributed by atoms with Gasteiger partial charge in [0.2, 0.25) is 0 Å². The van der Waals surface area contributed by atoms with E-state index in [4.69, 9.17) is 21.1 Å². The Balaban J connectivity index is 2.00. The molecule has 0 saturated heterocycles. The van der Waals surface area contributed by atoms with E-state index in [1.54, 1.807) is 38.5 Å². The van der Waals surface area contributed by atoms with Gasteiger partial charge in [-0.1, -0.05) is 11.6 Å². The van der Waals surface area contributed by atoms with Gasteiger partial charge in [-0.15, -0.1) is 0 Å². The second-order valence-corrected chi connectivity index (χ2v) is 6.10. The number of carbonyl (C=O) groups is 1. The van der Waals surface area contributed by atoms with Crippen LogP contribution in [0.3, 0.4) is 0 Å². The van der Waals surface area contributed by atoms with E-state index in [1.807, 2.05) is 12.1 Å². The summed E-state index contributed by atoms with van der Waals surface area (Å²) in [5.74, 6) is 1.34. The van der Waals surface area contributed by atoms with Gasteiger partial charge in [0, 0.05) is 17.1 Å². The normalized spacial score (nSPS) is 10.3. The van der Waals surface area contributed by atoms with Crippen LogP contribution in [0.15, 0.2) is 40.9 Å². The van der Waals surface area contributed by atoms with Crippen LogP contribution in [-0.2, 0) is 6.42 Å². The van der Waals surface area contributed by atoms with Crippen LogP contribution in [0.4, 0.5) is 0 Å². The number of halogens is 2. The maximum atomic E-state index is 12.1. The summed E-state index contributed by atoms with van der Waals surface area (Å²) in [4.78, 5) is 12.1. The summed E-state index contributed by atoms with van der Waals surface area (Å²) in [6.45, 7) is 0.489. The van der Waals surface area contributed by atoms with Crippen molar-refractivity contribution in [3.63, 3.8) is 0 Å². The van der Waals surface area contributed by atoms with Gasteiger partial charge >= 0.3 is 0 Å². The zero-order valence-corrected chi connectivity index (χ0v) is 15.2. The lowest BCUT2D eigenvalue weighted by atomic mass is 10.1. The Labute approximate surface area is 148 Å². The second kappa shape index (κ2) is 8.22. The zero-order chi connectivity index (χ0) is 16.8. The number of methoxy groups -OCH3 is 2. The Morgan fingerprint density at radius 1 is 1.13 bits per heavy atom. The molecule has 23 heavy (non-hydrogen) atoms. The molecule has 0 aromatic heterocycles. The molecule has 0 heterocycles. The molecule has 1 amide bonds. The molecule has 0 aliphatic rings. The van der Waals surface area contributed by atoms with Crippen molar-refractivity contribution in [3.05, 3.63) is 57.0 Å². The Kier molecular flexibility index (Phi) is 6.30. The van der Waals surface area contributed by atoms with Gasteiger partial charge in [-0.2, -0.15) is 0 Å². The average molecular weight is 399 g/mol. The van der Waals surface area contributed by atoms with E-state index in [0.717, 1.165) is 21.5 Å². The van der Waals surface area contributed by atoms with E-state index in [2.05, 4.69) is 21.2 Å². The summed E-state index contributed by atoms with van der Waals surface area (Å²) in [5.41, 5.74) is 1.54. The number of amides is 1. The van der Waals surface area contributed by atoms with Crippen molar-refractivity contribution in [2.75, 3.05) is 20.8 Å². The predicted molar refractivity (Wildman–Crippen MR) is 94.7 cm³/mol. The Morgan fingerprint density at radius 3 is 2.39 bits per heavy atom. The van der Waals surface area contributed by atoms with Gasteiger partial charge < -0.3 is 14.8 Å². The van der Waals surface area contributed by atoms with Crippen molar-refractivity contribution in [1.82, 2.24) is 5.32 Å². The van der Waals surface area contributed by atoms with Gasteiger partial charge in [-0.05, 0) is 64.3 Å². The van der Waals surface area contributed by atoms with Crippen LogP contribution >= 0.6 is 27.5 Å². The van der Waals surface area contributed by atoms with Crippen LogP contribution in [0, 0.1) is 0 Å². The molecule has 0 fully saturated rings. The molecular formula is C17H17BrClNO3. The molecule has 0 saturated carbocycles. The van der Waals surface area contributed by atoms with Crippen molar-refractivity contribution in [2.45, 2.75) is 6.42 Å². The van der Waals surface area contributed by atoms with Gasteiger partial charge in [0.25, 0.3) is 5.91 Å². The molecule has 2 aromatic rings. The lowest BCUT2D eigenvalue weighted by Crippen LogP contribution is -2.25. The van der Waals surface area contributed by atoms with E-state index in [0.29, 0.717) is 23.6 Å². The van der Waals surface area contributed by atoms with E-state index in [9.17, 15) is 4.79 Å². The zero-order valence-electron chi connectivity index (χ0n) is 12.9. The van der Waals surface area contributed by atoms with Gasteiger partial charge in [-0.25, -0.2) is 0 Å². The number of ether oxygens (including phenoxy) is 2. The molecule has 0 spiro atoms. The fraction of sp³-hybridized carbons (Fsp3) is 0.235. The summed E-state index contributed by atoms with van der Waals surface area (Å²) in [7, 11) is 3.22. The monoisotopic (exact) mass is 397 g/mol. The van der Waals surface area contributed by atoms with Crippen molar-refractivity contribution in [1.29, 1.82) is 0 Å². The highest BCUT2D eigenvalue weighted by molar-refractivity contribution is 9.10. The highest BCUT2D eigenvalue weighted by Crippen LogP contribution is 2.32. The first-order valence-corrected chi connectivity index (χ1v) is 8.16. The van der Waals surface area contributed by atoms with Crippen LogP contribution in [0.2, 0.25) is 5.02 Å². The van der Waals surface area contributed by atoms with E-state index >= 15 is 0 Å². The maximum Gasteiger partial charge on any atom is 0.251 e. The molecule has 6 heteroatoms. The topological polar surface area (TPSA) is 47.6 Å². The fourth-order valence-corrected chi connectivity index (χ4v) is 2.74. The molecule has 4 nitrogen and oxygen atoms in total. The van der Waals surface area contributed by atoms with E-state index < -0.39 is 0 Å². The number of carbonyl (C=O) groups excluding carboxylic acids is 1.